The molecule has 1 aliphatic heterocycles. The van der Waals surface area contributed by atoms with E-state index in [4.69, 9.17) is 5.11 Å². The zero-order chi connectivity index (χ0) is 17.2. The molecule has 3 rings (SSSR count). The summed E-state index contributed by atoms with van der Waals surface area (Å²) in [5, 5.41) is 11.0. The van der Waals surface area contributed by atoms with Crippen molar-refractivity contribution in [1.82, 2.24) is 9.88 Å². The minimum absolute atomic E-state index is 0.149. The maximum absolute atomic E-state index is 12.4. The number of amides is 1. The maximum atomic E-state index is 12.4. The van der Waals surface area contributed by atoms with Gasteiger partial charge in [-0.1, -0.05) is 6.07 Å². The highest BCUT2D eigenvalue weighted by molar-refractivity contribution is 7.93. The summed E-state index contributed by atoms with van der Waals surface area (Å²) >= 11 is 1.21. The van der Waals surface area contributed by atoms with Crippen LogP contribution in [0.25, 0.3) is 0 Å². The van der Waals surface area contributed by atoms with Gasteiger partial charge >= 0.3 is 6.09 Å². The summed E-state index contributed by atoms with van der Waals surface area (Å²) in [5.41, 5.74) is 0.752. The standard InChI is InChI=1S/C14H16N4O4S2/c19-14(20)18-7-5-17(6-8-18)11-2-1-3-12(10-11)24(21,22)16-13-15-4-9-23-13/h1-4,9-10H,5-8H2,(H,15,16)(H,19,20). The quantitative estimate of drug-likeness (QED) is 0.852. The number of anilines is 2. The van der Waals surface area contributed by atoms with Crippen LogP contribution in [0.4, 0.5) is 15.6 Å². The van der Waals surface area contributed by atoms with Crippen LogP contribution in [0.5, 0.6) is 0 Å². The Hall–Kier alpha value is -2.33. The number of piperazine rings is 1. The predicted molar refractivity (Wildman–Crippen MR) is 91.2 cm³/mol. The van der Waals surface area contributed by atoms with Crippen molar-refractivity contribution in [2.75, 3.05) is 35.8 Å². The van der Waals surface area contributed by atoms with Crippen molar-refractivity contribution in [3.63, 3.8) is 0 Å². The molecule has 2 N–H and O–H groups in total. The van der Waals surface area contributed by atoms with E-state index in [1.807, 2.05) is 11.0 Å². The van der Waals surface area contributed by atoms with Gasteiger partial charge in [0.2, 0.25) is 0 Å². The zero-order valence-electron chi connectivity index (χ0n) is 12.6. The summed E-state index contributed by atoms with van der Waals surface area (Å²) in [4.78, 5) is 18.3. The van der Waals surface area contributed by atoms with Gasteiger partial charge in [-0.3, -0.25) is 4.72 Å². The van der Waals surface area contributed by atoms with Gasteiger partial charge in [-0.15, -0.1) is 11.3 Å². The van der Waals surface area contributed by atoms with Crippen molar-refractivity contribution >= 4 is 38.3 Å². The summed E-state index contributed by atoms with van der Waals surface area (Å²) in [6, 6.07) is 6.60. The molecular weight excluding hydrogens is 352 g/mol. The van der Waals surface area contributed by atoms with Crippen LogP contribution in [0.2, 0.25) is 0 Å². The van der Waals surface area contributed by atoms with Crippen molar-refractivity contribution < 1.29 is 18.3 Å². The van der Waals surface area contributed by atoms with E-state index in [9.17, 15) is 13.2 Å². The van der Waals surface area contributed by atoms with Gasteiger partial charge in [0.1, 0.15) is 0 Å². The van der Waals surface area contributed by atoms with Gasteiger partial charge in [0, 0.05) is 43.4 Å². The summed E-state index contributed by atoms with van der Waals surface area (Å²) in [7, 11) is -3.70. The van der Waals surface area contributed by atoms with Gasteiger partial charge in [0.15, 0.2) is 5.13 Å². The van der Waals surface area contributed by atoms with E-state index in [1.165, 1.54) is 28.5 Å². The first-order valence-corrected chi connectivity index (χ1v) is 9.57. The number of hydrogen-bond acceptors (Lipinski definition) is 6. The molecule has 1 fully saturated rings. The normalized spacial score (nSPS) is 15.3. The molecule has 0 unspecified atom stereocenters. The monoisotopic (exact) mass is 368 g/mol. The lowest BCUT2D eigenvalue weighted by molar-refractivity contribution is 0.142. The number of rotatable bonds is 4. The Kier molecular flexibility index (Phi) is 4.58. The lowest BCUT2D eigenvalue weighted by atomic mass is 10.2. The van der Waals surface area contributed by atoms with E-state index in [1.54, 1.807) is 17.5 Å². The highest BCUT2D eigenvalue weighted by Gasteiger charge is 2.22. The van der Waals surface area contributed by atoms with Gasteiger partial charge in [0.25, 0.3) is 10.0 Å². The maximum Gasteiger partial charge on any atom is 0.407 e. The third-order valence-corrected chi connectivity index (χ3v) is 5.85. The molecule has 1 aliphatic rings. The van der Waals surface area contributed by atoms with Crippen LogP contribution in [0.1, 0.15) is 0 Å². The molecule has 1 aromatic carbocycles. The van der Waals surface area contributed by atoms with E-state index >= 15 is 0 Å². The molecular formula is C14H16N4O4S2. The molecule has 1 saturated heterocycles. The second-order valence-electron chi connectivity index (χ2n) is 5.20. The minimum Gasteiger partial charge on any atom is -0.465 e. The van der Waals surface area contributed by atoms with Gasteiger partial charge in [-0.2, -0.15) is 0 Å². The molecule has 10 heteroatoms. The van der Waals surface area contributed by atoms with Crippen LogP contribution >= 0.6 is 11.3 Å². The molecule has 128 valence electrons. The minimum atomic E-state index is -3.70. The highest BCUT2D eigenvalue weighted by Crippen LogP contribution is 2.23. The summed E-state index contributed by atoms with van der Waals surface area (Å²) in [5.74, 6) is 0. The molecule has 8 nitrogen and oxygen atoms in total. The molecule has 0 aliphatic carbocycles. The second kappa shape index (κ2) is 6.65. The van der Waals surface area contributed by atoms with Crippen LogP contribution in [0.3, 0.4) is 0 Å². The van der Waals surface area contributed by atoms with Gasteiger partial charge in [-0.05, 0) is 18.2 Å². The average Bonchev–Trinajstić information content (AvgIpc) is 3.07. The number of benzene rings is 1. The molecule has 0 spiro atoms. The van der Waals surface area contributed by atoms with E-state index in [2.05, 4.69) is 9.71 Å². The zero-order valence-corrected chi connectivity index (χ0v) is 14.3. The largest absolute Gasteiger partial charge is 0.465 e. The van der Waals surface area contributed by atoms with Crippen molar-refractivity contribution in [2.24, 2.45) is 0 Å². The SMILES string of the molecule is O=C(O)N1CCN(c2cccc(S(=O)(=O)Nc3nccs3)c2)CC1. The summed E-state index contributed by atoms with van der Waals surface area (Å²) in [6.07, 6.45) is 0.597. The fourth-order valence-electron chi connectivity index (χ4n) is 2.45. The van der Waals surface area contributed by atoms with Crippen LogP contribution in [-0.2, 0) is 10.0 Å². The number of thiazole rings is 1. The van der Waals surface area contributed by atoms with E-state index < -0.39 is 16.1 Å². The van der Waals surface area contributed by atoms with Crippen molar-refractivity contribution in [1.29, 1.82) is 0 Å². The van der Waals surface area contributed by atoms with Crippen LogP contribution in [-0.4, -0.2) is 55.7 Å². The molecule has 0 bridgehead atoms. The van der Waals surface area contributed by atoms with Crippen LogP contribution < -0.4 is 9.62 Å². The molecule has 0 radical (unpaired) electrons. The number of aromatic nitrogens is 1. The van der Waals surface area contributed by atoms with Crippen molar-refractivity contribution in [3.8, 4) is 0 Å². The number of carboxylic acid groups (broad SMARTS) is 1. The Bertz CT molecular complexity index is 815. The average molecular weight is 368 g/mol. The number of sulfonamides is 1. The van der Waals surface area contributed by atoms with E-state index in [0.717, 1.165) is 5.69 Å². The Morgan fingerprint density at radius 1 is 1.25 bits per heavy atom. The number of hydrogen-bond donors (Lipinski definition) is 2. The summed E-state index contributed by atoms with van der Waals surface area (Å²) < 4.78 is 27.3. The first-order valence-electron chi connectivity index (χ1n) is 7.21. The van der Waals surface area contributed by atoms with Crippen molar-refractivity contribution in [2.45, 2.75) is 4.90 Å². The smallest absolute Gasteiger partial charge is 0.407 e. The second-order valence-corrected chi connectivity index (χ2v) is 7.77. The number of nitrogens with zero attached hydrogens (tertiary/aromatic N) is 3. The predicted octanol–water partition coefficient (Wildman–Crippen LogP) is 1.74. The summed E-state index contributed by atoms with van der Waals surface area (Å²) in [6.45, 7) is 1.83. The van der Waals surface area contributed by atoms with Crippen LogP contribution in [0.15, 0.2) is 40.7 Å². The Morgan fingerprint density at radius 2 is 2.00 bits per heavy atom. The molecule has 0 atom stereocenters. The molecule has 0 saturated carbocycles. The molecule has 2 heterocycles. The van der Waals surface area contributed by atoms with Crippen molar-refractivity contribution in [3.05, 3.63) is 35.8 Å². The third-order valence-electron chi connectivity index (χ3n) is 3.70. The third kappa shape index (κ3) is 3.60. The van der Waals surface area contributed by atoms with E-state index in [0.29, 0.717) is 31.3 Å². The van der Waals surface area contributed by atoms with Crippen LogP contribution in [0, 0.1) is 0 Å². The Balaban J connectivity index is 1.76. The van der Waals surface area contributed by atoms with Gasteiger partial charge in [0.05, 0.1) is 4.90 Å². The molecule has 1 amide bonds. The molecule has 24 heavy (non-hydrogen) atoms. The fourth-order valence-corrected chi connectivity index (χ4v) is 4.28. The van der Waals surface area contributed by atoms with E-state index in [-0.39, 0.29) is 4.90 Å². The number of nitrogens with one attached hydrogen (secondary N) is 1. The number of carbonyl (C=O) groups is 1. The first-order chi connectivity index (χ1) is 11.5. The fraction of sp³-hybridized carbons (Fsp3) is 0.286. The topological polar surface area (TPSA) is 103 Å². The Labute approximate surface area is 143 Å². The highest BCUT2D eigenvalue weighted by atomic mass is 32.2. The van der Waals surface area contributed by atoms with Gasteiger partial charge < -0.3 is 14.9 Å². The first kappa shape index (κ1) is 16.5. The lowest BCUT2D eigenvalue weighted by Gasteiger charge is -2.34. The molecule has 2 aromatic rings. The lowest BCUT2D eigenvalue weighted by Crippen LogP contribution is -2.48. The molecule has 1 aromatic heterocycles. The van der Waals surface area contributed by atoms with Gasteiger partial charge in [-0.25, -0.2) is 18.2 Å². The Morgan fingerprint density at radius 3 is 2.62 bits per heavy atom.